The molecule has 1 heterocycles. The van der Waals surface area contributed by atoms with E-state index in [-0.39, 0.29) is 18.1 Å². The van der Waals surface area contributed by atoms with Gasteiger partial charge in [-0.25, -0.2) is 4.39 Å². The van der Waals surface area contributed by atoms with E-state index in [9.17, 15) is 14.5 Å². The molecule has 2 rings (SSSR count). The Labute approximate surface area is 117 Å². The lowest BCUT2D eigenvalue weighted by Crippen LogP contribution is -2.33. The van der Waals surface area contributed by atoms with E-state index < -0.39 is 10.7 Å². The van der Waals surface area contributed by atoms with Crippen LogP contribution in [0.15, 0.2) is 18.2 Å². The van der Waals surface area contributed by atoms with Gasteiger partial charge in [0.25, 0.3) is 5.69 Å². The summed E-state index contributed by atoms with van der Waals surface area (Å²) < 4.78 is 13.2. The molecule has 0 amide bonds. The highest BCUT2D eigenvalue weighted by molar-refractivity contribution is 5.85. The van der Waals surface area contributed by atoms with Crippen LogP contribution in [0.1, 0.15) is 12.0 Å². The summed E-state index contributed by atoms with van der Waals surface area (Å²) in [7, 11) is 1.91. The Morgan fingerprint density at radius 1 is 1.58 bits per heavy atom. The van der Waals surface area contributed by atoms with Gasteiger partial charge in [0.1, 0.15) is 5.82 Å². The fraction of sp³-hybridized carbons (Fsp3) is 0.500. The molecule has 1 aromatic carbocycles. The highest BCUT2D eigenvalue weighted by Crippen LogP contribution is 2.22. The minimum absolute atomic E-state index is 0. The highest BCUT2D eigenvalue weighted by atomic mass is 35.5. The van der Waals surface area contributed by atoms with Crippen molar-refractivity contribution >= 4 is 18.1 Å². The summed E-state index contributed by atoms with van der Waals surface area (Å²) in [6, 6.07) is 3.95. The normalized spacial score (nSPS) is 18.4. The van der Waals surface area contributed by atoms with Crippen LogP contribution in [0.25, 0.3) is 0 Å². The van der Waals surface area contributed by atoms with E-state index >= 15 is 0 Å². The first-order valence-electron chi connectivity index (χ1n) is 5.91. The average molecular weight is 290 g/mol. The van der Waals surface area contributed by atoms with Crippen LogP contribution in [0.5, 0.6) is 0 Å². The molecule has 1 saturated heterocycles. The number of nitrogens with zero attached hydrogens (tertiary/aromatic N) is 2. The Morgan fingerprint density at radius 3 is 2.89 bits per heavy atom. The standard InChI is InChI=1S/C12H16FN3O2.ClH/c1-15(11-4-5-14-7-11)8-9-6-10(13)2-3-12(9)16(17)18;/h2-3,6,11,14H,4-5,7-8H2,1H3;1H. The van der Waals surface area contributed by atoms with Gasteiger partial charge in [0.05, 0.1) is 4.92 Å². The third-order valence-corrected chi connectivity index (χ3v) is 3.32. The second-order valence-corrected chi connectivity index (χ2v) is 4.59. The van der Waals surface area contributed by atoms with E-state index in [1.54, 1.807) is 0 Å². The van der Waals surface area contributed by atoms with Crippen molar-refractivity contribution in [3.63, 3.8) is 0 Å². The van der Waals surface area contributed by atoms with Gasteiger partial charge in [0.2, 0.25) is 0 Å². The van der Waals surface area contributed by atoms with Crippen molar-refractivity contribution < 1.29 is 9.31 Å². The molecule has 1 aromatic rings. The summed E-state index contributed by atoms with van der Waals surface area (Å²) >= 11 is 0. The first kappa shape index (κ1) is 15.8. The van der Waals surface area contributed by atoms with Crippen molar-refractivity contribution in [2.45, 2.75) is 19.0 Å². The van der Waals surface area contributed by atoms with Gasteiger partial charge in [0, 0.05) is 30.8 Å². The monoisotopic (exact) mass is 289 g/mol. The Bertz CT molecular complexity index is 453. The zero-order valence-corrected chi connectivity index (χ0v) is 11.5. The van der Waals surface area contributed by atoms with Crippen LogP contribution in [-0.2, 0) is 6.54 Å². The minimum atomic E-state index is -0.463. The van der Waals surface area contributed by atoms with Crippen LogP contribution in [0.2, 0.25) is 0 Å². The average Bonchev–Trinajstić information content (AvgIpc) is 2.81. The molecule has 7 heteroatoms. The molecule has 0 bridgehead atoms. The number of benzene rings is 1. The van der Waals surface area contributed by atoms with Gasteiger partial charge in [-0.05, 0) is 32.1 Å². The van der Waals surface area contributed by atoms with E-state index in [1.807, 2.05) is 11.9 Å². The number of nitrogens with one attached hydrogen (secondary N) is 1. The Balaban J connectivity index is 0.00000180. The van der Waals surface area contributed by atoms with Crippen molar-refractivity contribution in [3.05, 3.63) is 39.7 Å². The van der Waals surface area contributed by atoms with Crippen LogP contribution >= 0.6 is 12.4 Å². The minimum Gasteiger partial charge on any atom is -0.315 e. The van der Waals surface area contributed by atoms with Gasteiger partial charge in [0.15, 0.2) is 0 Å². The Kier molecular flexibility index (Phi) is 5.65. The molecule has 0 saturated carbocycles. The molecule has 19 heavy (non-hydrogen) atoms. The molecule has 0 radical (unpaired) electrons. The van der Waals surface area contributed by atoms with E-state index in [1.165, 1.54) is 12.1 Å². The van der Waals surface area contributed by atoms with Crippen molar-refractivity contribution in [3.8, 4) is 0 Å². The Morgan fingerprint density at radius 2 is 2.32 bits per heavy atom. The predicted octanol–water partition coefficient (Wildman–Crippen LogP) is 1.95. The molecule has 1 unspecified atom stereocenters. The molecule has 0 aliphatic carbocycles. The first-order chi connectivity index (χ1) is 8.58. The van der Waals surface area contributed by atoms with Gasteiger partial charge in [-0.15, -0.1) is 12.4 Å². The maximum absolute atomic E-state index is 13.2. The van der Waals surface area contributed by atoms with Crippen molar-refractivity contribution in [2.24, 2.45) is 0 Å². The van der Waals surface area contributed by atoms with E-state index in [2.05, 4.69) is 5.32 Å². The lowest BCUT2D eigenvalue weighted by molar-refractivity contribution is -0.385. The zero-order valence-electron chi connectivity index (χ0n) is 10.6. The SMILES string of the molecule is CN(Cc1cc(F)ccc1[N+](=O)[O-])C1CCNC1.Cl. The quantitative estimate of drug-likeness (QED) is 0.680. The summed E-state index contributed by atoms with van der Waals surface area (Å²) in [5, 5.41) is 14.1. The lowest BCUT2D eigenvalue weighted by atomic mass is 10.1. The van der Waals surface area contributed by atoms with Gasteiger partial charge < -0.3 is 5.32 Å². The number of nitro benzene ring substituents is 1. The molecule has 106 valence electrons. The number of nitro groups is 1. The fourth-order valence-electron chi connectivity index (χ4n) is 2.27. The van der Waals surface area contributed by atoms with Crippen LogP contribution in [-0.4, -0.2) is 36.0 Å². The molecule has 1 atom stereocenters. The van der Waals surface area contributed by atoms with Crippen molar-refractivity contribution in [2.75, 3.05) is 20.1 Å². The molecule has 1 N–H and O–H groups in total. The maximum atomic E-state index is 13.2. The number of hydrogen-bond donors (Lipinski definition) is 1. The molecule has 1 aliphatic rings. The largest absolute Gasteiger partial charge is 0.315 e. The second kappa shape index (κ2) is 6.79. The van der Waals surface area contributed by atoms with E-state index in [4.69, 9.17) is 0 Å². The lowest BCUT2D eigenvalue weighted by Gasteiger charge is -2.23. The van der Waals surface area contributed by atoms with E-state index in [0.29, 0.717) is 18.2 Å². The van der Waals surface area contributed by atoms with Crippen LogP contribution in [0, 0.1) is 15.9 Å². The number of likely N-dealkylation sites (N-methyl/N-ethyl adjacent to an activating group) is 1. The van der Waals surface area contributed by atoms with Gasteiger partial charge in [-0.2, -0.15) is 0 Å². The molecular weight excluding hydrogens is 273 g/mol. The molecule has 0 aromatic heterocycles. The Hall–Kier alpha value is -1.24. The van der Waals surface area contributed by atoms with Gasteiger partial charge >= 0.3 is 0 Å². The summed E-state index contributed by atoms with van der Waals surface area (Å²) in [6.45, 7) is 2.22. The summed E-state index contributed by atoms with van der Waals surface area (Å²) in [4.78, 5) is 12.5. The predicted molar refractivity (Wildman–Crippen MR) is 73.0 cm³/mol. The molecular formula is C12H17ClFN3O2. The fourth-order valence-corrected chi connectivity index (χ4v) is 2.27. The first-order valence-corrected chi connectivity index (χ1v) is 5.91. The summed E-state index contributed by atoms with van der Waals surface area (Å²) in [5.41, 5.74) is 0.406. The molecule has 5 nitrogen and oxygen atoms in total. The number of halogens is 2. The summed E-state index contributed by atoms with van der Waals surface area (Å²) in [6.07, 6.45) is 1.01. The van der Waals surface area contributed by atoms with Crippen molar-refractivity contribution in [1.82, 2.24) is 10.2 Å². The second-order valence-electron chi connectivity index (χ2n) is 4.59. The number of rotatable bonds is 4. The van der Waals surface area contributed by atoms with Crippen LogP contribution in [0.3, 0.4) is 0 Å². The zero-order chi connectivity index (χ0) is 13.1. The van der Waals surface area contributed by atoms with Gasteiger partial charge in [-0.3, -0.25) is 15.0 Å². The third-order valence-electron chi connectivity index (χ3n) is 3.32. The maximum Gasteiger partial charge on any atom is 0.274 e. The summed E-state index contributed by atoms with van der Waals surface area (Å²) in [5.74, 6) is -0.437. The molecule has 1 fully saturated rings. The molecule has 1 aliphatic heterocycles. The van der Waals surface area contributed by atoms with Crippen LogP contribution < -0.4 is 5.32 Å². The highest BCUT2D eigenvalue weighted by Gasteiger charge is 2.22. The third kappa shape index (κ3) is 3.86. The van der Waals surface area contributed by atoms with Crippen LogP contribution in [0.4, 0.5) is 10.1 Å². The van der Waals surface area contributed by atoms with Crippen molar-refractivity contribution in [1.29, 1.82) is 0 Å². The topological polar surface area (TPSA) is 58.4 Å². The number of hydrogen-bond acceptors (Lipinski definition) is 4. The van der Waals surface area contributed by atoms with Gasteiger partial charge in [-0.1, -0.05) is 0 Å². The smallest absolute Gasteiger partial charge is 0.274 e. The van der Waals surface area contributed by atoms with E-state index in [0.717, 1.165) is 25.6 Å². The molecule has 0 spiro atoms.